The molecule has 29 heavy (non-hydrogen) atoms. The second-order valence-electron chi connectivity index (χ2n) is 6.93. The molecule has 0 atom stereocenters. The molecule has 0 bridgehead atoms. The van der Waals surface area contributed by atoms with Crippen molar-refractivity contribution < 1.29 is 18.8 Å². The summed E-state index contributed by atoms with van der Waals surface area (Å²) in [7, 11) is 0. The minimum absolute atomic E-state index is 0.0487. The molecule has 1 aromatic carbocycles. The van der Waals surface area contributed by atoms with Gasteiger partial charge in [0.1, 0.15) is 5.82 Å². The van der Waals surface area contributed by atoms with E-state index in [0.717, 1.165) is 0 Å². The van der Waals surface area contributed by atoms with Crippen LogP contribution in [0.4, 0.5) is 10.2 Å². The van der Waals surface area contributed by atoms with Crippen molar-refractivity contribution in [3.8, 4) is 17.2 Å². The smallest absolute Gasteiger partial charge is 0.257 e. The van der Waals surface area contributed by atoms with Crippen LogP contribution in [0.25, 0.3) is 11.5 Å². The third-order valence-electron chi connectivity index (χ3n) is 4.91. The Morgan fingerprint density at radius 1 is 1.24 bits per heavy atom. The van der Waals surface area contributed by atoms with Crippen LogP contribution in [0.3, 0.4) is 0 Å². The minimum Gasteiger partial charge on any atom is -0.504 e. The molecule has 0 unspecified atom stereocenters. The largest absolute Gasteiger partial charge is 0.504 e. The van der Waals surface area contributed by atoms with E-state index >= 15 is 0 Å². The van der Waals surface area contributed by atoms with Crippen LogP contribution in [0.1, 0.15) is 18.7 Å². The molecule has 2 aromatic heterocycles. The van der Waals surface area contributed by atoms with Crippen LogP contribution in [-0.4, -0.2) is 44.1 Å². The Morgan fingerprint density at radius 2 is 2.00 bits per heavy atom. The zero-order valence-electron chi connectivity index (χ0n) is 15.6. The Bertz CT molecular complexity index is 984. The zero-order chi connectivity index (χ0) is 20.2. The number of hydrogen-bond donors (Lipinski definition) is 2. The fourth-order valence-corrected chi connectivity index (χ4v) is 3.29. The van der Waals surface area contributed by atoms with Gasteiger partial charge in [-0.1, -0.05) is 5.16 Å². The van der Waals surface area contributed by atoms with Crippen LogP contribution in [-0.2, 0) is 11.3 Å². The van der Waals surface area contributed by atoms with Crippen LogP contribution < -0.4 is 5.32 Å². The van der Waals surface area contributed by atoms with Gasteiger partial charge in [0.25, 0.3) is 5.89 Å². The van der Waals surface area contributed by atoms with Gasteiger partial charge in [0.2, 0.25) is 5.91 Å². The Labute approximate surface area is 166 Å². The Kier molecular flexibility index (Phi) is 5.48. The summed E-state index contributed by atoms with van der Waals surface area (Å²) >= 11 is 0. The first-order valence-corrected chi connectivity index (χ1v) is 9.34. The van der Waals surface area contributed by atoms with Gasteiger partial charge in [0, 0.05) is 17.7 Å². The molecule has 9 heteroatoms. The SMILES string of the molecule is O=C(Nc1ncccc1O)C1CCN(Cc2noc(-c3ccc(F)cc3)n2)CC1. The fourth-order valence-electron chi connectivity index (χ4n) is 3.29. The maximum Gasteiger partial charge on any atom is 0.257 e. The number of carbonyl (C=O) groups is 1. The van der Waals surface area contributed by atoms with E-state index in [1.165, 1.54) is 24.4 Å². The van der Waals surface area contributed by atoms with Crippen molar-refractivity contribution in [1.82, 2.24) is 20.0 Å². The monoisotopic (exact) mass is 397 g/mol. The number of halogens is 1. The first-order chi connectivity index (χ1) is 14.1. The van der Waals surface area contributed by atoms with Gasteiger partial charge < -0.3 is 14.9 Å². The van der Waals surface area contributed by atoms with Crippen LogP contribution in [0.15, 0.2) is 47.1 Å². The molecule has 3 aromatic rings. The third-order valence-corrected chi connectivity index (χ3v) is 4.91. The van der Waals surface area contributed by atoms with E-state index in [1.54, 1.807) is 18.2 Å². The predicted octanol–water partition coefficient (Wildman–Crippen LogP) is 2.83. The van der Waals surface area contributed by atoms with E-state index in [0.29, 0.717) is 49.8 Å². The molecule has 0 spiro atoms. The number of pyridine rings is 1. The molecule has 1 aliphatic rings. The average Bonchev–Trinajstić information content (AvgIpc) is 3.19. The number of likely N-dealkylation sites (tertiary alicyclic amines) is 1. The summed E-state index contributed by atoms with van der Waals surface area (Å²) in [6.07, 6.45) is 2.88. The molecule has 2 N–H and O–H groups in total. The van der Waals surface area contributed by atoms with E-state index in [2.05, 4.69) is 25.3 Å². The summed E-state index contributed by atoms with van der Waals surface area (Å²) in [6, 6.07) is 8.96. The summed E-state index contributed by atoms with van der Waals surface area (Å²) in [4.78, 5) is 22.9. The van der Waals surface area contributed by atoms with Crippen molar-refractivity contribution in [2.75, 3.05) is 18.4 Å². The number of benzene rings is 1. The number of aromatic nitrogens is 3. The maximum atomic E-state index is 13.0. The van der Waals surface area contributed by atoms with Crippen LogP contribution in [0.2, 0.25) is 0 Å². The van der Waals surface area contributed by atoms with Crippen molar-refractivity contribution in [2.45, 2.75) is 19.4 Å². The molecule has 1 fully saturated rings. The van der Waals surface area contributed by atoms with Gasteiger partial charge in [-0.25, -0.2) is 9.37 Å². The summed E-state index contributed by atoms with van der Waals surface area (Å²) in [5, 5.41) is 16.4. The lowest BCUT2D eigenvalue weighted by Gasteiger charge is -2.30. The highest BCUT2D eigenvalue weighted by Crippen LogP contribution is 2.24. The van der Waals surface area contributed by atoms with Gasteiger partial charge >= 0.3 is 0 Å². The lowest BCUT2D eigenvalue weighted by Crippen LogP contribution is -2.38. The summed E-state index contributed by atoms with van der Waals surface area (Å²) in [5.74, 6) is 0.422. The Balaban J connectivity index is 1.29. The molecule has 1 saturated heterocycles. The standard InChI is InChI=1S/C20H20FN5O3/c21-15-5-3-14(4-6-15)20-23-17(25-29-20)12-26-10-7-13(8-11-26)19(28)24-18-16(27)2-1-9-22-18/h1-6,9,13,27H,7-8,10-12H2,(H,22,24,28). The fraction of sp³-hybridized carbons (Fsp3) is 0.300. The Morgan fingerprint density at radius 3 is 2.72 bits per heavy atom. The lowest BCUT2D eigenvalue weighted by molar-refractivity contribution is -0.121. The van der Waals surface area contributed by atoms with E-state index in [-0.39, 0.29) is 29.2 Å². The number of nitrogens with one attached hydrogen (secondary N) is 1. The molecule has 0 saturated carbocycles. The van der Waals surface area contributed by atoms with Crippen molar-refractivity contribution in [3.63, 3.8) is 0 Å². The molecule has 4 rings (SSSR count). The average molecular weight is 397 g/mol. The van der Waals surface area contributed by atoms with Gasteiger partial charge in [-0.2, -0.15) is 4.98 Å². The van der Waals surface area contributed by atoms with E-state index in [4.69, 9.17) is 4.52 Å². The van der Waals surface area contributed by atoms with Crippen LogP contribution in [0, 0.1) is 11.7 Å². The molecule has 0 radical (unpaired) electrons. The third kappa shape index (κ3) is 4.57. The molecular formula is C20H20FN5O3. The second-order valence-corrected chi connectivity index (χ2v) is 6.93. The highest BCUT2D eigenvalue weighted by atomic mass is 19.1. The number of amides is 1. The minimum atomic E-state index is -0.321. The number of carbonyl (C=O) groups excluding carboxylic acids is 1. The van der Waals surface area contributed by atoms with Crippen molar-refractivity contribution in [3.05, 3.63) is 54.2 Å². The summed E-state index contributed by atoms with van der Waals surface area (Å²) < 4.78 is 18.3. The number of anilines is 1. The highest BCUT2D eigenvalue weighted by Gasteiger charge is 2.26. The van der Waals surface area contributed by atoms with Gasteiger partial charge in [0.05, 0.1) is 6.54 Å². The normalized spacial score (nSPS) is 15.3. The number of rotatable bonds is 5. The molecule has 150 valence electrons. The quantitative estimate of drug-likeness (QED) is 0.682. The molecule has 0 aliphatic carbocycles. The molecule has 1 aliphatic heterocycles. The maximum absolute atomic E-state index is 13.0. The van der Waals surface area contributed by atoms with E-state index < -0.39 is 0 Å². The van der Waals surface area contributed by atoms with Gasteiger partial charge in [-0.3, -0.25) is 9.69 Å². The van der Waals surface area contributed by atoms with Crippen molar-refractivity contribution in [2.24, 2.45) is 5.92 Å². The molecule has 8 nitrogen and oxygen atoms in total. The van der Waals surface area contributed by atoms with Crippen molar-refractivity contribution in [1.29, 1.82) is 0 Å². The number of aromatic hydroxyl groups is 1. The van der Waals surface area contributed by atoms with Gasteiger partial charge in [-0.05, 0) is 62.3 Å². The number of hydrogen-bond acceptors (Lipinski definition) is 7. The topological polar surface area (TPSA) is 104 Å². The highest BCUT2D eigenvalue weighted by molar-refractivity contribution is 5.92. The summed E-state index contributed by atoms with van der Waals surface area (Å²) in [6.45, 7) is 1.94. The second kappa shape index (κ2) is 8.36. The predicted molar refractivity (Wildman–Crippen MR) is 102 cm³/mol. The van der Waals surface area contributed by atoms with Gasteiger partial charge in [0.15, 0.2) is 17.4 Å². The number of nitrogens with zero attached hydrogens (tertiary/aromatic N) is 4. The molecule has 1 amide bonds. The van der Waals surface area contributed by atoms with Gasteiger partial charge in [-0.15, -0.1) is 0 Å². The lowest BCUT2D eigenvalue weighted by atomic mass is 9.96. The first kappa shape index (κ1) is 19.0. The summed E-state index contributed by atoms with van der Waals surface area (Å²) in [5.41, 5.74) is 0.665. The molecule has 3 heterocycles. The number of piperidine rings is 1. The van der Waals surface area contributed by atoms with Crippen molar-refractivity contribution >= 4 is 11.7 Å². The van der Waals surface area contributed by atoms with Crippen LogP contribution in [0.5, 0.6) is 5.75 Å². The zero-order valence-corrected chi connectivity index (χ0v) is 15.6. The first-order valence-electron chi connectivity index (χ1n) is 9.34. The van der Waals surface area contributed by atoms with Crippen LogP contribution >= 0.6 is 0 Å². The molecular weight excluding hydrogens is 377 g/mol. The van der Waals surface area contributed by atoms with E-state index in [1.807, 2.05) is 0 Å². The van der Waals surface area contributed by atoms with E-state index in [9.17, 15) is 14.3 Å². The Hall–Kier alpha value is -3.33.